The zero-order valence-corrected chi connectivity index (χ0v) is 23.7. The number of nitrogens with one attached hydrogen (secondary N) is 2. The van der Waals surface area contributed by atoms with Crippen LogP contribution in [0.3, 0.4) is 0 Å². The quantitative estimate of drug-likeness (QED) is 0.216. The first-order valence-electron chi connectivity index (χ1n) is 12.2. The largest absolute Gasteiger partial charge is 0.493 e. The second kappa shape index (κ2) is 11.5. The summed E-state index contributed by atoms with van der Waals surface area (Å²) in [5.41, 5.74) is 5.11. The molecule has 7 nitrogen and oxygen atoms in total. The Morgan fingerprint density at radius 2 is 2.03 bits per heavy atom. The van der Waals surface area contributed by atoms with E-state index in [9.17, 15) is 4.79 Å². The highest BCUT2D eigenvalue weighted by molar-refractivity contribution is 9.10. The molecule has 1 aromatic heterocycles. The third-order valence-electron chi connectivity index (χ3n) is 6.23. The summed E-state index contributed by atoms with van der Waals surface area (Å²) in [6, 6.07) is 11.3. The maximum atomic E-state index is 13.9. The topological polar surface area (TPSA) is 81.1 Å². The van der Waals surface area contributed by atoms with Crippen molar-refractivity contribution in [2.24, 2.45) is 0 Å². The molecule has 2 aromatic carbocycles. The number of hydrogen-bond acceptors (Lipinski definition) is 6. The van der Waals surface area contributed by atoms with Crippen LogP contribution in [0, 0.1) is 13.8 Å². The third kappa shape index (κ3) is 5.47. The van der Waals surface area contributed by atoms with Crippen molar-refractivity contribution >= 4 is 45.2 Å². The van der Waals surface area contributed by atoms with Crippen LogP contribution < -0.4 is 15.4 Å². The molecule has 2 N–H and O–H groups in total. The SMILES string of the molecule is CCCCOc1ccc(Br)cc1C1C(C(=O)Nc2cccc(C)c2C)=C(C)Nc2nc(SCC)nn21. The number of carbonyl (C=O) groups excluding carboxylic acids is 1. The van der Waals surface area contributed by atoms with Gasteiger partial charge in [-0.05, 0) is 68.3 Å². The van der Waals surface area contributed by atoms with Crippen molar-refractivity contribution < 1.29 is 9.53 Å². The normalized spacial score (nSPS) is 14.9. The molecule has 1 atom stereocenters. The minimum Gasteiger partial charge on any atom is -0.493 e. The number of amides is 1. The fourth-order valence-corrected chi connectivity index (χ4v) is 5.10. The van der Waals surface area contributed by atoms with E-state index in [1.807, 2.05) is 57.2 Å². The van der Waals surface area contributed by atoms with Crippen LogP contribution in [0.1, 0.15) is 56.3 Å². The van der Waals surface area contributed by atoms with Crippen LogP contribution in [-0.4, -0.2) is 33.0 Å². The highest BCUT2D eigenvalue weighted by Crippen LogP contribution is 2.41. The van der Waals surface area contributed by atoms with Crippen LogP contribution in [0.4, 0.5) is 11.6 Å². The molecule has 36 heavy (non-hydrogen) atoms. The highest BCUT2D eigenvalue weighted by atomic mass is 79.9. The molecule has 0 saturated heterocycles. The number of aryl methyl sites for hydroxylation is 1. The van der Waals surface area contributed by atoms with E-state index in [-0.39, 0.29) is 5.91 Å². The first kappa shape index (κ1) is 26.3. The van der Waals surface area contributed by atoms with Crippen molar-refractivity contribution in [3.05, 3.63) is 68.8 Å². The Hall–Kier alpha value is -2.78. The molecule has 0 saturated carbocycles. The minimum absolute atomic E-state index is 0.191. The first-order valence-corrected chi connectivity index (χ1v) is 14.0. The van der Waals surface area contributed by atoms with Crippen molar-refractivity contribution in [1.29, 1.82) is 0 Å². The number of halogens is 1. The van der Waals surface area contributed by atoms with E-state index >= 15 is 0 Å². The number of nitrogens with zero attached hydrogens (tertiary/aromatic N) is 3. The molecule has 3 aromatic rings. The Labute approximate surface area is 225 Å². The fourth-order valence-electron chi connectivity index (χ4n) is 4.17. The average molecular weight is 571 g/mol. The maximum Gasteiger partial charge on any atom is 0.255 e. The summed E-state index contributed by atoms with van der Waals surface area (Å²) in [5.74, 6) is 2.00. The summed E-state index contributed by atoms with van der Waals surface area (Å²) >= 11 is 5.19. The fraction of sp³-hybridized carbons (Fsp3) is 0.370. The van der Waals surface area contributed by atoms with Crippen molar-refractivity contribution in [2.75, 3.05) is 23.0 Å². The maximum absolute atomic E-state index is 13.9. The number of thioether (sulfide) groups is 1. The first-order chi connectivity index (χ1) is 17.3. The van der Waals surface area contributed by atoms with Gasteiger partial charge in [-0.15, -0.1) is 5.10 Å². The van der Waals surface area contributed by atoms with Crippen LogP contribution in [0.15, 0.2) is 57.3 Å². The highest BCUT2D eigenvalue weighted by Gasteiger charge is 2.36. The number of carbonyl (C=O) groups is 1. The Balaban J connectivity index is 1.83. The number of unbranched alkanes of at least 4 members (excludes halogenated alkanes) is 1. The minimum atomic E-state index is -0.515. The molecule has 0 radical (unpaired) electrons. The Bertz CT molecular complexity index is 1300. The van der Waals surface area contributed by atoms with Crippen molar-refractivity contribution in [3.63, 3.8) is 0 Å². The van der Waals surface area contributed by atoms with Gasteiger partial charge in [0.2, 0.25) is 11.1 Å². The number of hydrogen-bond donors (Lipinski definition) is 2. The zero-order chi connectivity index (χ0) is 25.8. The van der Waals surface area contributed by atoms with E-state index in [1.165, 1.54) is 0 Å². The summed E-state index contributed by atoms with van der Waals surface area (Å²) < 4.78 is 8.91. The molecule has 0 spiro atoms. The van der Waals surface area contributed by atoms with E-state index in [1.54, 1.807) is 16.4 Å². The molecule has 0 bridgehead atoms. The van der Waals surface area contributed by atoms with E-state index in [0.717, 1.165) is 56.9 Å². The summed E-state index contributed by atoms with van der Waals surface area (Å²) in [4.78, 5) is 18.6. The average Bonchev–Trinajstić information content (AvgIpc) is 3.24. The second-order valence-electron chi connectivity index (χ2n) is 8.75. The summed E-state index contributed by atoms with van der Waals surface area (Å²) in [6.07, 6.45) is 1.98. The predicted octanol–water partition coefficient (Wildman–Crippen LogP) is 6.88. The molecule has 4 rings (SSSR count). The predicted molar refractivity (Wildman–Crippen MR) is 150 cm³/mol. The van der Waals surface area contributed by atoms with Gasteiger partial charge in [-0.3, -0.25) is 4.79 Å². The summed E-state index contributed by atoms with van der Waals surface area (Å²) in [6.45, 7) is 10.8. The molecule has 1 aliphatic heterocycles. The van der Waals surface area contributed by atoms with E-state index < -0.39 is 6.04 Å². The van der Waals surface area contributed by atoms with Gasteiger partial charge in [0.25, 0.3) is 5.91 Å². The molecule has 1 amide bonds. The molecular weight excluding hydrogens is 538 g/mol. The van der Waals surface area contributed by atoms with E-state index in [2.05, 4.69) is 45.4 Å². The number of anilines is 2. The van der Waals surface area contributed by atoms with Gasteiger partial charge in [-0.1, -0.05) is 60.1 Å². The number of allylic oxidation sites excluding steroid dienone is 1. The van der Waals surface area contributed by atoms with Crippen LogP contribution in [0.5, 0.6) is 5.75 Å². The van der Waals surface area contributed by atoms with Crippen LogP contribution in [-0.2, 0) is 4.79 Å². The molecule has 2 heterocycles. The molecule has 1 aliphatic rings. The summed E-state index contributed by atoms with van der Waals surface area (Å²) in [5, 5.41) is 11.9. The zero-order valence-electron chi connectivity index (χ0n) is 21.3. The lowest BCUT2D eigenvalue weighted by Gasteiger charge is -2.30. The van der Waals surface area contributed by atoms with Gasteiger partial charge >= 0.3 is 0 Å². The number of rotatable bonds is 9. The lowest BCUT2D eigenvalue weighted by atomic mass is 9.94. The molecular formula is C27H32BrN5O2S. The summed E-state index contributed by atoms with van der Waals surface area (Å²) in [7, 11) is 0. The van der Waals surface area contributed by atoms with Crippen LogP contribution in [0.2, 0.25) is 0 Å². The van der Waals surface area contributed by atoms with E-state index in [4.69, 9.17) is 9.84 Å². The van der Waals surface area contributed by atoms with Gasteiger partial charge in [-0.25, -0.2) is 4.68 Å². The smallest absolute Gasteiger partial charge is 0.255 e. The van der Waals surface area contributed by atoms with Crippen molar-refractivity contribution in [1.82, 2.24) is 14.8 Å². The number of aromatic nitrogens is 3. The van der Waals surface area contributed by atoms with Crippen molar-refractivity contribution in [2.45, 2.75) is 58.7 Å². The molecule has 1 unspecified atom stereocenters. The van der Waals surface area contributed by atoms with Gasteiger partial charge in [-0.2, -0.15) is 4.98 Å². The van der Waals surface area contributed by atoms with Gasteiger partial charge in [0.1, 0.15) is 11.8 Å². The lowest BCUT2D eigenvalue weighted by Crippen LogP contribution is -2.32. The van der Waals surface area contributed by atoms with Gasteiger partial charge in [0.15, 0.2) is 0 Å². The Morgan fingerprint density at radius 3 is 2.78 bits per heavy atom. The molecule has 190 valence electrons. The Kier molecular flexibility index (Phi) is 8.41. The van der Waals surface area contributed by atoms with Gasteiger partial charge < -0.3 is 15.4 Å². The monoisotopic (exact) mass is 569 g/mol. The van der Waals surface area contributed by atoms with E-state index in [0.29, 0.717) is 23.3 Å². The van der Waals surface area contributed by atoms with Crippen LogP contribution >= 0.6 is 27.7 Å². The number of ether oxygens (including phenoxy) is 1. The number of fused-ring (bicyclic) bond motifs is 1. The molecule has 0 aliphatic carbocycles. The van der Waals surface area contributed by atoms with Gasteiger partial charge in [0, 0.05) is 21.4 Å². The molecule has 0 fully saturated rings. The van der Waals surface area contributed by atoms with Crippen LogP contribution in [0.25, 0.3) is 0 Å². The van der Waals surface area contributed by atoms with Crippen molar-refractivity contribution in [3.8, 4) is 5.75 Å². The molecule has 9 heteroatoms. The Morgan fingerprint density at radius 1 is 1.22 bits per heavy atom. The number of benzene rings is 2. The standard InChI is InChI=1S/C27H32BrN5O2S/c1-6-8-14-35-22-13-12-19(28)15-20(22)24-23(25(34)30-21-11-9-10-16(3)17(21)4)18(5)29-26-31-27(36-7-2)32-33(24)26/h9-13,15,24H,6-8,14H2,1-5H3,(H,30,34)(H,29,31,32). The third-order valence-corrected chi connectivity index (χ3v) is 7.44. The van der Waals surface area contributed by atoms with Gasteiger partial charge in [0.05, 0.1) is 12.2 Å². The lowest BCUT2D eigenvalue weighted by molar-refractivity contribution is -0.113. The second-order valence-corrected chi connectivity index (χ2v) is 10.9.